The molecule has 1 aliphatic heterocycles. The molecular weight excluding hydrogens is 398 g/mol. The first-order chi connectivity index (χ1) is 13.5. The van der Waals surface area contributed by atoms with Gasteiger partial charge in [0, 0.05) is 12.1 Å². The number of thioether (sulfide) groups is 1. The number of aromatic nitrogens is 2. The summed E-state index contributed by atoms with van der Waals surface area (Å²) in [6.45, 7) is 0. The predicted molar refractivity (Wildman–Crippen MR) is 108 cm³/mol. The first-order valence-electron chi connectivity index (χ1n) is 8.91. The van der Waals surface area contributed by atoms with E-state index in [1.165, 1.54) is 0 Å². The number of carbonyl (C=O) groups is 1. The quantitative estimate of drug-likeness (QED) is 0.615. The van der Waals surface area contributed by atoms with Crippen LogP contribution in [-0.4, -0.2) is 41.8 Å². The average Bonchev–Trinajstić information content (AvgIpc) is 3.26. The Morgan fingerprint density at radius 1 is 1.18 bits per heavy atom. The zero-order valence-electron chi connectivity index (χ0n) is 15.0. The molecule has 1 aliphatic rings. The fourth-order valence-corrected chi connectivity index (χ4v) is 5.69. The molecule has 0 saturated carbocycles. The van der Waals surface area contributed by atoms with E-state index >= 15 is 0 Å². The zero-order valence-corrected chi connectivity index (χ0v) is 16.6. The molecular formula is C19H19N3O4S2. The lowest BCUT2D eigenvalue weighted by molar-refractivity contribution is -0.113. The number of sulfone groups is 1. The van der Waals surface area contributed by atoms with Crippen LogP contribution in [0.1, 0.15) is 12.3 Å². The summed E-state index contributed by atoms with van der Waals surface area (Å²) < 4.78 is 28.6. The van der Waals surface area contributed by atoms with E-state index in [-0.39, 0.29) is 29.1 Å². The lowest BCUT2D eigenvalue weighted by Gasteiger charge is -2.05. The van der Waals surface area contributed by atoms with Crippen LogP contribution in [0.2, 0.25) is 0 Å². The number of benzene rings is 2. The van der Waals surface area contributed by atoms with Gasteiger partial charge in [0.2, 0.25) is 11.8 Å². The van der Waals surface area contributed by atoms with Gasteiger partial charge in [0.25, 0.3) is 5.22 Å². The molecule has 1 saturated heterocycles. The minimum absolute atomic E-state index is 0.0273. The maximum atomic E-state index is 12.2. The second kappa shape index (κ2) is 7.92. The summed E-state index contributed by atoms with van der Waals surface area (Å²) in [4.78, 5) is 12.2. The molecule has 7 nitrogen and oxygen atoms in total. The van der Waals surface area contributed by atoms with Crippen molar-refractivity contribution in [2.75, 3.05) is 22.6 Å². The van der Waals surface area contributed by atoms with Gasteiger partial charge in [-0.2, -0.15) is 0 Å². The Morgan fingerprint density at radius 2 is 2.00 bits per heavy atom. The van der Waals surface area contributed by atoms with Gasteiger partial charge in [-0.15, -0.1) is 10.2 Å². The van der Waals surface area contributed by atoms with E-state index in [1.54, 1.807) is 0 Å². The van der Waals surface area contributed by atoms with E-state index in [2.05, 4.69) is 15.5 Å². The van der Waals surface area contributed by atoms with Gasteiger partial charge >= 0.3 is 0 Å². The number of hydrogen-bond acceptors (Lipinski definition) is 7. The summed E-state index contributed by atoms with van der Waals surface area (Å²) in [5.41, 5.74) is 0.734. The van der Waals surface area contributed by atoms with Gasteiger partial charge in [-0.3, -0.25) is 4.79 Å². The molecule has 146 valence electrons. The number of nitrogens with one attached hydrogen (secondary N) is 1. The number of amides is 1. The van der Waals surface area contributed by atoms with Crippen LogP contribution in [0.5, 0.6) is 0 Å². The molecule has 4 rings (SSSR count). The van der Waals surface area contributed by atoms with Crippen molar-refractivity contribution >= 4 is 44.0 Å². The van der Waals surface area contributed by atoms with Crippen molar-refractivity contribution in [1.29, 1.82) is 0 Å². The molecule has 1 N–H and O–H groups in total. The highest BCUT2D eigenvalue weighted by molar-refractivity contribution is 7.99. The van der Waals surface area contributed by atoms with Gasteiger partial charge in [0.1, 0.15) is 0 Å². The Balaban J connectivity index is 1.29. The highest BCUT2D eigenvalue weighted by Gasteiger charge is 2.29. The summed E-state index contributed by atoms with van der Waals surface area (Å²) >= 11 is 1.16. The average molecular weight is 418 g/mol. The number of hydrogen-bond donors (Lipinski definition) is 1. The van der Waals surface area contributed by atoms with E-state index in [9.17, 15) is 13.2 Å². The Bertz CT molecular complexity index is 1110. The molecule has 0 aliphatic carbocycles. The minimum atomic E-state index is -2.92. The first-order valence-corrected chi connectivity index (χ1v) is 11.7. The molecule has 28 heavy (non-hydrogen) atoms. The summed E-state index contributed by atoms with van der Waals surface area (Å²) in [6.07, 6.45) is 1.08. The van der Waals surface area contributed by atoms with Crippen LogP contribution < -0.4 is 5.32 Å². The van der Waals surface area contributed by atoms with Crippen LogP contribution in [0.15, 0.2) is 52.1 Å². The Kier molecular flexibility index (Phi) is 5.36. The molecule has 2 aromatic carbocycles. The van der Waals surface area contributed by atoms with Crippen molar-refractivity contribution < 1.29 is 17.6 Å². The summed E-state index contributed by atoms with van der Waals surface area (Å²) in [5.74, 6) is 0.821. The summed E-state index contributed by atoms with van der Waals surface area (Å²) in [7, 11) is -2.92. The summed E-state index contributed by atoms with van der Waals surface area (Å²) in [6, 6.07) is 13.7. The van der Waals surface area contributed by atoms with Crippen LogP contribution in [0.4, 0.5) is 5.69 Å². The molecule has 0 spiro atoms. The van der Waals surface area contributed by atoms with Crippen molar-refractivity contribution in [2.24, 2.45) is 5.92 Å². The molecule has 2 heterocycles. The monoisotopic (exact) mass is 417 g/mol. The van der Waals surface area contributed by atoms with Crippen LogP contribution >= 0.6 is 11.8 Å². The van der Waals surface area contributed by atoms with Gasteiger partial charge in [0.05, 0.1) is 17.3 Å². The third-order valence-electron chi connectivity index (χ3n) is 4.60. The fourth-order valence-electron chi connectivity index (χ4n) is 3.25. The van der Waals surface area contributed by atoms with Crippen LogP contribution in [0, 0.1) is 5.92 Å². The molecule has 0 unspecified atom stereocenters. The predicted octanol–water partition coefficient (Wildman–Crippen LogP) is 2.93. The largest absolute Gasteiger partial charge is 0.416 e. The SMILES string of the molecule is O=C(CSc1nnc(C[C@H]2CCS(=O)(=O)C2)o1)Nc1ccc2ccccc2c1. The highest BCUT2D eigenvalue weighted by Crippen LogP contribution is 2.24. The maximum absolute atomic E-state index is 12.2. The third-order valence-corrected chi connectivity index (χ3v) is 7.25. The molecule has 1 fully saturated rings. The molecule has 0 bridgehead atoms. The first kappa shape index (κ1) is 18.9. The van der Waals surface area contributed by atoms with E-state index in [0.29, 0.717) is 24.0 Å². The van der Waals surface area contributed by atoms with Gasteiger partial charge < -0.3 is 9.73 Å². The van der Waals surface area contributed by atoms with E-state index in [4.69, 9.17) is 4.42 Å². The maximum Gasteiger partial charge on any atom is 0.277 e. The smallest absolute Gasteiger partial charge is 0.277 e. The normalized spacial score (nSPS) is 18.4. The van der Waals surface area contributed by atoms with E-state index < -0.39 is 9.84 Å². The molecule has 1 amide bonds. The van der Waals surface area contributed by atoms with Crippen molar-refractivity contribution in [1.82, 2.24) is 10.2 Å². The van der Waals surface area contributed by atoms with Crippen molar-refractivity contribution in [3.63, 3.8) is 0 Å². The number of nitrogens with zero attached hydrogens (tertiary/aromatic N) is 2. The summed E-state index contributed by atoms with van der Waals surface area (Å²) in [5, 5.41) is 13.2. The number of rotatable bonds is 6. The second-order valence-corrected chi connectivity index (χ2v) is 9.99. The standard InChI is InChI=1S/C19H19N3O4S2/c23-17(20-16-6-5-14-3-1-2-4-15(14)10-16)11-27-19-22-21-18(26-19)9-13-7-8-28(24,25)12-13/h1-6,10,13H,7-9,11-12H2,(H,20,23)/t13-/m1/s1. The van der Waals surface area contributed by atoms with Crippen molar-refractivity contribution in [3.8, 4) is 0 Å². The van der Waals surface area contributed by atoms with Crippen LogP contribution in [0.25, 0.3) is 10.8 Å². The zero-order chi connectivity index (χ0) is 19.6. The highest BCUT2D eigenvalue weighted by atomic mass is 32.2. The molecule has 0 radical (unpaired) electrons. The Labute approximate surface area is 166 Å². The lowest BCUT2D eigenvalue weighted by Crippen LogP contribution is -2.13. The van der Waals surface area contributed by atoms with Crippen LogP contribution in [0.3, 0.4) is 0 Å². The van der Waals surface area contributed by atoms with Crippen LogP contribution in [-0.2, 0) is 21.1 Å². The molecule has 1 aromatic heterocycles. The van der Waals surface area contributed by atoms with Gasteiger partial charge in [-0.1, -0.05) is 42.1 Å². The van der Waals surface area contributed by atoms with E-state index in [0.717, 1.165) is 28.2 Å². The fraction of sp³-hybridized carbons (Fsp3) is 0.316. The van der Waals surface area contributed by atoms with Gasteiger partial charge in [-0.05, 0) is 35.2 Å². The van der Waals surface area contributed by atoms with Crippen molar-refractivity contribution in [2.45, 2.75) is 18.1 Å². The third kappa shape index (κ3) is 4.71. The lowest BCUT2D eigenvalue weighted by atomic mass is 10.1. The van der Waals surface area contributed by atoms with Gasteiger partial charge in [0.15, 0.2) is 9.84 Å². The molecule has 1 atom stereocenters. The number of fused-ring (bicyclic) bond motifs is 1. The number of anilines is 1. The topological polar surface area (TPSA) is 102 Å². The second-order valence-electron chi connectivity index (χ2n) is 6.83. The van der Waals surface area contributed by atoms with Gasteiger partial charge in [-0.25, -0.2) is 8.42 Å². The minimum Gasteiger partial charge on any atom is -0.416 e. The molecule has 9 heteroatoms. The van der Waals surface area contributed by atoms with Crippen molar-refractivity contribution in [3.05, 3.63) is 48.4 Å². The molecule has 3 aromatic rings. The van der Waals surface area contributed by atoms with E-state index in [1.807, 2.05) is 42.5 Å². The Hall–Kier alpha value is -2.39. The Morgan fingerprint density at radius 3 is 2.79 bits per heavy atom. The number of carbonyl (C=O) groups excluding carboxylic acids is 1.